The molecule has 1 aromatic carbocycles. The molecule has 0 saturated heterocycles. The molecule has 6 heteroatoms. The van der Waals surface area contributed by atoms with E-state index in [0.29, 0.717) is 5.11 Å². The molecule has 1 amide bonds. The molecule has 24 heavy (non-hydrogen) atoms. The van der Waals surface area contributed by atoms with Crippen LogP contribution in [0.25, 0.3) is 0 Å². The minimum Gasteiger partial charge on any atom is -0.355 e. The molecule has 0 aliphatic heterocycles. The molecule has 1 heterocycles. The highest BCUT2D eigenvalue weighted by atomic mass is 32.1. The summed E-state index contributed by atoms with van der Waals surface area (Å²) in [5, 5.41) is 5.53. The first kappa shape index (κ1) is 16.9. The third-order valence-electron chi connectivity index (χ3n) is 4.24. The Balaban J connectivity index is 1.53. The first-order valence-corrected chi connectivity index (χ1v) is 9.45. The fourth-order valence-electron chi connectivity index (χ4n) is 2.92. The van der Waals surface area contributed by atoms with Crippen LogP contribution < -0.4 is 16.2 Å². The third kappa shape index (κ3) is 3.94. The van der Waals surface area contributed by atoms with E-state index in [1.807, 2.05) is 42.6 Å². The van der Waals surface area contributed by atoms with Crippen LogP contribution in [0.5, 0.6) is 0 Å². The van der Waals surface area contributed by atoms with Crippen LogP contribution in [0, 0.1) is 0 Å². The van der Waals surface area contributed by atoms with E-state index in [1.54, 1.807) is 11.3 Å². The average molecular weight is 360 g/mol. The number of carbonyl (C=O) groups is 1. The van der Waals surface area contributed by atoms with Crippen molar-refractivity contribution in [3.63, 3.8) is 0 Å². The van der Waals surface area contributed by atoms with Gasteiger partial charge >= 0.3 is 0 Å². The van der Waals surface area contributed by atoms with Crippen LogP contribution >= 0.6 is 23.6 Å². The van der Waals surface area contributed by atoms with Crippen molar-refractivity contribution in [3.05, 3.63) is 57.3 Å². The summed E-state index contributed by atoms with van der Waals surface area (Å²) in [6.07, 6.45) is 4.47. The van der Waals surface area contributed by atoms with Crippen LogP contribution in [0.3, 0.4) is 0 Å². The van der Waals surface area contributed by atoms with Crippen molar-refractivity contribution in [1.82, 2.24) is 16.2 Å². The van der Waals surface area contributed by atoms with Gasteiger partial charge in [0.25, 0.3) is 5.91 Å². The molecule has 1 atom stereocenters. The van der Waals surface area contributed by atoms with Crippen molar-refractivity contribution in [2.24, 2.45) is 0 Å². The number of thiocarbonyl (C=S) groups is 1. The van der Waals surface area contributed by atoms with Gasteiger partial charge in [-0.05, 0) is 56.0 Å². The van der Waals surface area contributed by atoms with Crippen molar-refractivity contribution >= 4 is 34.6 Å². The lowest BCUT2D eigenvalue weighted by Gasteiger charge is -2.18. The molecule has 1 aromatic heterocycles. The van der Waals surface area contributed by atoms with E-state index in [4.69, 9.17) is 12.2 Å². The maximum Gasteiger partial charge on any atom is 0.270 e. The van der Waals surface area contributed by atoms with Gasteiger partial charge in [-0.2, -0.15) is 0 Å². The number of carbonyl (C=O) groups excluding carboxylic acids is 1. The van der Waals surface area contributed by atoms with Gasteiger partial charge in [0.2, 0.25) is 0 Å². The lowest BCUT2D eigenvalue weighted by atomic mass is 9.96. The molecule has 0 radical (unpaired) electrons. The topological polar surface area (TPSA) is 53.2 Å². The molecule has 2 aromatic rings. The summed E-state index contributed by atoms with van der Waals surface area (Å²) in [6.45, 7) is 2.03. The molecule has 4 nitrogen and oxygen atoms in total. The second-order valence-corrected chi connectivity index (χ2v) is 7.32. The van der Waals surface area contributed by atoms with Crippen molar-refractivity contribution in [1.29, 1.82) is 0 Å². The number of hydrogen-bond acceptors (Lipinski definition) is 3. The zero-order valence-electron chi connectivity index (χ0n) is 13.6. The zero-order valence-corrected chi connectivity index (χ0v) is 15.2. The molecule has 0 fully saturated rings. The standard InChI is InChI=1S/C18H21N3OS2/c1-12(13-7-3-2-4-8-13)19-18(23)21-20-17(22)15-11-24-16-10-6-5-9-14(15)16/h2-4,7-8,11-12H,5-6,9-10H2,1H3,(H,20,22)(H2,19,21,23). The Labute approximate surface area is 151 Å². The minimum absolute atomic E-state index is 0.0667. The Hall–Kier alpha value is -1.92. The van der Waals surface area contributed by atoms with Gasteiger partial charge in [-0.25, -0.2) is 0 Å². The van der Waals surface area contributed by atoms with E-state index in [-0.39, 0.29) is 11.9 Å². The van der Waals surface area contributed by atoms with Crippen molar-refractivity contribution in [2.75, 3.05) is 0 Å². The van der Waals surface area contributed by atoms with Gasteiger partial charge in [-0.15, -0.1) is 11.3 Å². The van der Waals surface area contributed by atoms with Gasteiger partial charge in [-0.1, -0.05) is 30.3 Å². The van der Waals surface area contributed by atoms with Crippen LogP contribution in [0.4, 0.5) is 0 Å². The Morgan fingerprint density at radius 1 is 1.17 bits per heavy atom. The molecule has 1 aliphatic carbocycles. The number of thiophene rings is 1. The molecule has 3 N–H and O–H groups in total. The summed E-state index contributed by atoms with van der Waals surface area (Å²) >= 11 is 6.95. The van der Waals surface area contributed by atoms with Crippen LogP contribution in [0.1, 0.15) is 52.2 Å². The number of hydrazine groups is 1. The number of nitrogens with one attached hydrogen (secondary N) is 3. The van der Waals surface area contributed by atoms with Crippen LogP contribution in [0.2, 0.25) is 0 Å². The lowest BCUT2D eigenvalue weighted by molar-refractivity contribution is 0.0943. The monoisotopic (exact) mass is 359 g/mol. The number of amides is 1. The predicted molar refractivity (Wildman–Crippen MR) is 102 cm³/mol. The summed E-state index contributed by atoms with van der Waals surface area (Å²) in [5.41, 5.74) is 8.64. The first-order chi connectivity index (χ1) is 11.6. The van der Waals surface area contributed by atoms with Crippen LogP contribution in [-0.2, 0) is 12.8 Å². The molecular formula is C18H21N3OS2. The molecule has 1 unspecified atom stereocenters. The largest absolute Gasteiger partial charge is 0.355 e. The smallest absolute Gasteiger partial charge is 0.270 e. The maximum absolute atomic E-state index is 12.4. The van der Waals surface area contributed by atoms with Gasteiger partial charge in [0.1, 0.15) is 0 Å². The van der Waals surface area contributed by atoms with E-state index in [9.17, 15) is 4.79 Å². The molecule has 0 saturated carbocycles. The Bertz CT molecular complexity index is 727. The summed E-state index contributed by atoms with van der Waals surface area (Å²) in [5.74, 6) is -0.120. The summed E-state index contributed by atoms with van der Waals surface area (Å²) in [7, 11) is 0. The quantitative estimate of drug-likeness (QED) is 0.580. The van der Waals surface area contributed by atoms with Crippen LogP contribution in [-0.4, -0.2) is 11.0 Å². The van der Waals surface area contributed by atoms with E-state index in [1.165, 1.54) is 16.9 Å². The first-order valence-electron chi connectivity index (χ1n) is 8.16. The number of rotatable bonds is 3. The van der Waals surface area contributed by atoms with Crippen LogP contribution in [0.15, 0.2) is 35.7 Å². The fourth-order valence-corrected chi connectivity index (χ4v) is 4.28. The number of fused-ring (bicyclic) bond motifs is 1. The van der Waals surface area contributed by atoms with Gasteiger partial charge < -0.3 is 5.32 Å². The van der Waals surface area contributed by atoms with E-state index in [0.717, 1.165) is 30.4 Å². The van der Waals surface area contributed by atoms with Gasteiger partial charge in [-0.3, -0.25) is 15.6 Å². The average Bonchev–Trinajstić information content (AvgIpc) is 3.04. The highest BCUT2D eigenvalue weighted by Crippen LogP contribution is 2.29. The van der Waals surface area contributed by atoms with Crippen molar-refractivity contribution < 1.29 is 4.79 Å². The lowest BCUT2D eigenvalue weighted by Crippen LogP contribution is -2.47. The maximum atomic E-state index is 12.4. The molecule has 1 aliphatic rings. The van der Waals surface area contributed by atoms with Gasteiger partial charge in [0.05, 0.1) is 11.6 Å². The molecular weight excluding hydrogens is 338 g/mol. The van der Waals surface area contributed by atoms with E-state index >= 15 is 0 Å². The summed E-state index contributed by atoms with van der Waals surface area (Å²) in [4.78, 5) is 13.7. The number of hydrogen-bond donors (Lipinski definition) is 3. The number of aryl methyl sites for hydroxylation is 1. The fraction of sp³-hybridized carbons (Fsp3) is 0.333. The normalized spacial score (nSPS) is 14.4. The van der Waals surface area contributed by atoms with Gasteiger partial charge in [0.15, 0.2) is 5.11 Å². The van der Waals surface area contributed by atoms with E-state index in [2.05, 4.69) is 16.2 Å². The van der Waals surface area contributed by atoms with Crippen molar-refractivity contribution in [3.8, 4) is 0 Å². The molecule has 0 bridgehead atoms. The molecule has 0 spiro atoms. The van der Waals surface area contributed by atoms with Gasteiger partial charge in [0, 0.05) is 10.3 Å². The Morgan fingerprint density at radius 3 is 2.71 bits per heavy atom. The van der Waals surface area contributed by atoms with Crippen molar-refractivity contribution in [2.45, 2.75) is 38.6 Å². The second kappa shape index (κ2) is 7.77. The minimum atomic E-state index is -0.120. The molecule has 126 valence electrons. The highest BCUT2D eigenvalue weighted by Gasteiger charge is 2.20. The third-order valence-corrected chi connectivity index (χ3v) is 5.55. The van der Waals surface area contributed by atoms with E-state index < -0.39 is 0 Å². The number of benzene rings is 1. The SMILES string of the molecule is CC(NC(=S)NNC(=O)c1csc2c1CCCC2)c1ccccc1. The molecule has 3 rings (SSSR count). The highest BCUT2D eigenvalue weighted by molar-refractivity contribution is 7.80. The summed E-state index contributed by atoms with van der Waals surface area (Å²) in [6, 6.07) is 10.1. The zero-order chi connectivity index (χ0) is 16.9. The second-order valence-electron chi connectivity index (χ2n) is 5.94. The Kier molecular flexibility index (Phi) is 5.48. The summed E-state index contributed by atoms with van der Waals surface area (Å²) < 4.78 is 0. The predicted octanol–water partition coefficient (Wildman–Crippen LogP) is 3.50. The Morgan fingerprint density at radius 2 is 1.92 bits per heavy atom.